The third kappa shape index (κ3) is 5.41. The molecule has 0 radical (unpaired) electrons. The van der Waals surface area contributed by atoms with Gasteiger partial charge in [-0.15, -0.1) is 0 Å². The van der Waals surface area contributed by atoms with Gasteiger partial charge in [0.25, 0.3) is 0 Å². The predicted molar refractivity (Wildman–Crippen MR) is 62.8 cm³/mol. The maximum Gasteiger partial charge on any atom is 0.483 e. The van der Waals surface area contributed by atoms with Gasteiger partial charge in [0.2, 0.25) is 0 Å². The minimum atomic E-state index is -5.46. The van der Waals surface area contributed by atoms with Crippen molar-refractivity contribution in [2.45, 2.75) is 30.4 Å². The SMILES string of the molecule is O=P(O)(O)OP(=O)(O)O[C@@H]1O[C@H](C(O)P(=O)(O)O)[C@@H](O)[C@H]1O. The molecule has 0 aliphatic carbocycles. The summed E-state index contributed by atoms with van der Waals surface area (Å²) in [5.74, 6) is -2.59. The van der Waals surface area contributed by atoms with Gasteiger partial charge in [0, 0.05) is 0 Å². The topological polar surface area (TPSA) is 241 Å². The molecule has 1 heterocycles. The Morgan fingerprint density at radius 2 is 1.45 bits per heavy atom. The molecule has 8 N–H and O–H groups in total. The first-order chi connectivity index (χ1) is 9.64. The van der Waals surface area contributed by atoms with Crippen LogP contribution in [0.25, 0.3) is 0 Å². The molecule has 0 aromatic rings. The van der Waals surface area contributed by atoms with Crippen molar-refractivity contribution in [2.24, 2.45) is 0 Å². The highest BCUT2D eigenvalue weighted by atomic mass is 31.3. The van der Waals surface area contributed by atoms with Crippen LogP contribution in [0.4, 0.5) is 0 Å². The van der Waals surface area contributed by atoms with Gasteiger partial charge in [0.1, 0.15) is 18.3 Å². The number of phosphoric acid groups is 2. The second-order valence-corrected chi connectivity index (χ2v) is 8.59. The number of ether oxygens (including phenoxy) is 1. The van der Waals surface area contributed by atoms with Crippen LogP contribution in [0.15, 0.2) is 0 Å². The average molecular weight is 390 g/mol. The fourth-order valence-corrected chi connectivity index (χ4v) is 3.78. The van der Waals surface area contributed by atoms with Crippen LogP contribution in [0.2, 0.25) is 0 Å². The Labute approximate surface area is 121 Å². The van der Waals surface area contributed by atoms with Crippen molar-refractivity contribution in [3.63, 3.8) is 0 Å². The molecule has 2 unspecified atom stereocenters. The van der Waals surface area contributed by atoms with Gasteiger partial charge in [-0.3, -0.25) is 9.09 Å². The lowest BCUT2D eigenvalue weighted by Crippen LogP contribution is -2.38. The van der Waals surface area contributed by atoms with Crippen LogP contribution in [0.5, 0.6) is 0 Å². The molecule has 0 bridgehead atoms. The molecule has 14 nitrogen and oxygen atoms in total. The highest BCUT2D eigenvalue weighted by molar-refractivity contribution is 7.60. The smallest absolute Gasteiger partial charge is 0.387 e. The van der Waals surface area contributed by atoms with Gasteiger partial charge < -0.3 is 44.5 Å². The van der Waals surface area contributed by atoms with Crippen LogP contribution in [0.3, 0.4) is 0 Å². The molecule has 6 atom stereocenters. The van der Waals surface area contributed by atoms with E-state index >= 15 is 0 Å². The molecule has 0 amide bonds. The Morgan fingerprint density at radius 3 is 1.86 bits per heavy atom. The zero-order chi connectivity index (χ0) is 17.5. The quantitative estimate of drug-likeness (QED) is 0.213. The van der Waals surface area contributed by atoms with E-state index in [4.69, 9.17) is 24.5 Å². The first kappa shape index (κ1) is 20.3. The third-order valence-corrected chi connectivity index (χ3v) is 5.48. The fraction of sp³-hybridized carbons (Fsp3) is 1.00. The van der Waals surface area contributed by atoms with Crippen molar-refractivity contribution in [2.75, 3.05) is 0 Å². The number of hydrogen-bond acceptors (Lipinski definition) is 9. The lowest BCUT2D eigenvalue weighted by Gasteiger charge is -2.21. The van der Waals surface area contributed by atoms with E-state index in [0.717, 1.165) is 0 Å². The van der Waals surface area contributed by atoms with Crippen molar-refractivity contribution in [1.82, 2.24) is 0 Å². The van der Waals surface area contributed by atoms with E-state index in [0.29, 0.717) is 0 Å². The number of phosphoric ester groups is 1. The normalized spacial score (nSPS) is 34.4. The lowest BCUT2D eigenvalue weighted by atomic mass is 10.1. The van der Waals surface area contributed by atoms with Crippen LogP contribution in [-0.2, 0) is 27.3 Å². The van der Waals surface area contributed by atoms with Gasteiger partial charge in [0.15, 0.2) is 12.1 Å². The Balaban J connectivity index is 2.85. The Morgan fingerprint density at radius 1 is 0.955 bits per heavy atom. The lowest BCUT2D eigenvalue weighted by molar-refractivity contribution is -0.131. The summed E-state index contributed by atoms with van der Waals surface area (Å²) in [5, 5.41) is 28.2. The summed E-state index contributed by atoms with van der Waals surface area (Å²) in [6.45, 7) is 0. The van der Waals surface area contributed by atoms with E-state index in [2.05, 4.69) is 13.6 Å². The second kappa shape index (κ2) is 6.63. The van der Waals surface area contributed by atoms with Crippen molar-refractivity contribution in [3.8, 4) is 0 Å². The molecule has 132 valence electrons. The number of rotatable bonds is 6. The summed E-state index contributed by atoms with van der Waals surface area (Å²) in [4.78, 5) is 43.3. The highest BCUT2D eigenvalue weighted by Crippen LogP contribution is 2.59. The van der Waals surface area contributed by atoms with Crippen LogP contribution in [0, 0.1) is 0 Å². The molecule has 1 aliphatic heterocycles. The van der Waals surface area contributed by atoms with Gasteiger partial charge in [0.05, 0.1) is 0 Å². The van der Waals surface area contributed by atoms with E-state index in [9.17, 15) is 29.0 Å². The molecular formula is C5H13O14P3. The van der Waals surface area contributed by atoms with Crippen molar-refractivity contribution >= 4 is 23.2 Å². The number of aliphatic hydroxyl groups excluding tert-OH is 3. The van der Waals surface area contributed by atoms with E-state index < -0.39 is 53.7 Å². The van der Waals surface area contributed by atoms with Gasteiger partial charge >= 0.3 is 23.2 Å². The minimum absolute atomic E-state index is 2.10. The fourth-order valence-electron chi connectivity index (χ4n) is 1.48. The van der Waals surface area contributed by atoms with Gasteiger partial charge in [-0.1, -0.05) is 0 Å². The Bertz CT molecular complexity index is 535. The molecule has 17 heteroatoms. The van der Waals surface area contributed by atoms with E-state index in [1.807, 2.05) is 0 Å². The maximum atomic E-state index is 11.2. The maximum absolute atomic E-state index is 11.2. The molecule has 0 aromatic heterocycles. The molecular weight excluding hydrogens is 377 g/mol. The largest absolute Gasteiger partial charge is 0.483 e. The van der Waals surface area contributed by atoms with E-state index in [-0.39, 0.29) is 0 Å². The monoisotopic (exact) mass is 390 g/mol. The summed E-state index contributed by atoms with van der Waals surface area (Å²) in [6.07, 6.45) is -8.67. The summed E-state index contributed by atoms with van der Waals surface area (Å²) in [5.41, 5.74) is 0. The standard InChI is InChI=1S/C5H13O14P3/c6-1-2(7)5(17-3(1)4(8)20(9,10)11)18-22(15,16)19-21(12,13)14/h1-8H,(H,15,16)(H2,9,10,11)(H2,12,13,14)/t1-,2+,3-,4?,5-/m0/s1. The summed E-state index contributed by atoms with van der Waals surface area (Å²) < 4.78 is 44.5. The molecule has 1 rings (SSSR count). The summed E-state index contributed by atoms with van der Waals surface area (Å²) in [7, 11) is -16.1. The van der Waals surface area contributed by atoms with Crippen LogP contribution in [-0.4, -0.2) is 70.2 Å². The van der Waals surface area contributed by atoms with Crippen LogP contribution in [0.1, 0.15) is 0 Å². The molecule has 0 spiro atoms. The van der Waals surface area contributed by atoms with Crippen molar-refractivity contribution < 1.29 is 67.1 Å². The first-order valence-corrected chi connectivity index (χ1v) is 9.88. The highest BCUT2D eigenvalue weighted by Gasteiger charge is 2.53. The molecule has 1 fully saturated rings. The average Bonchev–Trinajstić information content (AvgIpc) is 2.51. The molecule has 1 aliphatic rings. The van der Waals surface area contributed by atoms with E-state index in [1.54, 1.807) is 0 Å². The van der Waals surface area contributed by atoms with Gasteiger partial charge in [-0.05, 0) is 0 Å². The van der Waals surface area contributed by atoms with Crippen molar-refractivity contribution in [1.29, 1.82) is 0 Å². The Hall–Kier alpha value is 0.250. The number of aliphatic hydroxyl groups is 3. The third-order valence-electron chi connectivity index (χ3n) is 2.34. The van der Waals surface area contributed by atoms with Crippen molar-refractivity contribution in [3.05, 3.63) is 0 Å². The summed E-state index contributed by atoms with van der Waals surface area (Å²) in [6, 6.07) is 0. The minimum Gasteiger partial charge on any atom is -0.387 e. The second-order valence-electron chi connectivity index (χ2n) is 4.10. The Kier molecular flexibility index (Phi) is 6.12. The van der Waals surface area contributed by atoms with Gasteiger partial charge in [-0.25, -0.2) is 9.13 Å². The molecule has 1 saturated heterocycles. The molecule has 22 heavy (non-hydrogen) atoms. The zero-order valence-electron chi connectivity index (χ0n) is 10.3. The van der Waals surface area contributed by atoms with Crippen LogP contribution < -0.4 is 0 Å². The number of hydrogen-bond donors (Lipinski definition) is 8. The molecule has 0 aromatic carbocycles. The van der Waals surface area contributed by atoms with Gasteiger partial charge in [-0.2, -0.15) is 4.31 Å². The first-order valence-electron chi connectivity index (χ1n) is 5.17. The summed E-state index contributed by atoms with van der Waals surface area (Å²) >= 11 is 0. The zero-order valence-corrected chi connectivity index (χ0v) is 12.9. The predicted octanol–water partition coefficient (Wildman–Crippen LogP) is -2.84. The molecule has 0 saturated carbocycles. The van der Waals surface area contributed by atoms with Crippen LogP contribution >= 0.6 is 23.2 Å². The van der Waals surface area contributed by atoms with E-state index in [1.165, 1.54) is 0 Å².